The second-order valence-electron chi connectivity index (χ2n) is 5.70. The third-order valence-electron chi connectivity index (χ3n) is 4.44. The van der Waals surface area contributed by atoms with E-state index in [1.165, 1.54) is 12.7 Å². The second-order valence-corrected chi connectivity index (χ2v) is 5.70. The molecule has 2 aromatic rings. The quantitative estimate of drug-likeness (QED) is 0.911. The topological polar surface area (TPSA) is 77.0 Å². The third-order valence-corrected chi connectivity index (χ3v) is 4.44. The van der Waals surface area contributed by atoms with E-state index in [1.54, 1.807) is 0 Å². The van der Waals surface area contributed by atoms with Crippen LogP contribution in [-0.2, 0) is 11.3 Å². The van der Waals surface area contributed by atoms with Crippen LogP contribution in [0.4, 0.5) is 5.82 Å². The number of hydrogen-bond acceptors (Lipinski definition) is 4. The van der Waals surface area contributed by atoms with Crippen LogP contribution in [0.25, 0.3) is 11.0 Å². The van der Waals surface area contributed by atoms with Crippen LogP contribution < -0.4 is 5.73 Å². The molecule has 0 aliphatic carbocycles. The Kier molecular flexibility index (Phi) is 3.53. The first kappa shape index (κ1) is 13.9. The predicted molar refractivity (Wildman–Crippen MR) is 81.8 cm³/mol. The van der Waals surface area contributed by atoms with E-state index in [0.717, 1.165) is 48.2 Å². The maximum Gasteiger partial charge on any atom is 0.242 e. The average molecular weight is 287 g/mol. The van der Waals surface area contributed by atoms with Crippen molar-refractivity contribution in [2.24, 2.45) is 0 Å². The monoisotopic (exact) mass is 287 g/mol. The molecule has 1 aliphatic heterocycles. The van der Waals surface area contributed by atoms with Crippen molar-refractivity contribution in [3.63, 3.8) is 0 Å². The number of likely N-dealkylation sites (tertiary alicyclic amines) is 1. The van der Waals surface area contributed by atoms with E-state index in [2.05, 4.69) is 9.97 Å². The summed E-state index contributed by atoms with van der Waals surface area (Å²) in [5.41, 5.74) is 8.79. The highest BCUT2D eigenvalue weighted by molar-refractivity contribution is 5.91. The fraction of sp³-hybridized carbons (Fsp3) is 0.533. The molecule has 112 valence electrons. The number of aromatic nitrogens is 3. The first-order valence-corrected chi connectivity index (χ1v) is 7.43. The second kappa shape index (κ2) is 5.35. The Morgan fingerprint density at radius 1 is 1.24 bits per heavy atom. The summed E-state index contributed by atoms with van der Waals surface area (Å²) in [5.74, 6) is 0.636. The molecule has 2 N–H and O–H groups in total. The van der Waals surface area contributed by atoms with Crippen LogP contribution in [0.1, 0.15) is 30.5 Å². The lowest BCUT2D eigenvalue weighted by atomic mass is 10.1. The lowest BCUT2D eigenvalue weighted by Crippen LogP contribution is -2.37. The van der Waals surface area contributed by atoms with Crippen LogP contribution in [0.15, 0.2) is 6.33 Å². The van der Waals surface area contributed by atoms with Gasteiger partial charge >= 0.3 is 0 Å². The number of carbonyl (C=O) groups is 1. The van der Waals surface area contributed by atoms with Gasteiger partial charge in [-0.25, -0.2) is 9.97 Å². The highest BCUT2D eigenvalue weighted by Gasteiger charge is 2.21. The molecule has 1 saturated heterocycles. The highest BCUT2D eigenvalue weighted by Crippen LogP contribution is 2.27. The van der Waals surface area contributed by atoms with Gasteiger partial charge in [0.25, 0.3) is 0 Å². The van der Waals surface area contributed by atoms with Crippen LogP contribution >= 0.6 is 0 Å². The smallest absolute Gasteiger partial charge is 0.242 e. The Morgan fingerprint density at radius 3 is 2.67 bits per heavy atom. The number of rotatable bonds is 2. The van der Waals surface area contributed by atoms with E-state index in [-0.39, 0.29) is 5.91 Å². The molecule has 0 spiro atoms. The van der Waals surface area contributed by atoms with Gasteiger partial charge in [-0.15, -0.1) is 0 Å². The van der Waals surface area contributed by atoms with Gasteiger partial charge in [-0.2, -0.15) is 0 Å². The van der Waals surface area contributed by atoms with Crippen molar-refractivity contribution in [3.8, 4) is 0 Å². The molecule has 21 heavy (non-hydrogen) atoms. The number of carbonyl (C=O) groups excluding carboxylic acids is 1. The van der Waals surface area contributed by atoms with E-state index in [9.17, 15) is 4.79 Å². The minimum atomic E-state index is 0.159. The Labute approximate surface area is 124 Å². The summed E-state index contributed by atoms with van der Waals surface area (Å²) >= 11 is 0. The summed E-state index contributed by atoms with van der Waals surface area (Å²) in [6.45, 7) is 6.06. The summed E-state index contributed by atoms with van der Waals surface area (Å²) in [6.07, 6.45) is 4.88. The summed E-state index contributed by atoms with van der Waals surface area (Å²) in [5, 5.41) is 0.862. The van der Waals surface area contributed by atoms with Crippen LogP contribution in [0.5, 0.6) is 0 Å². The molecule has 0 atom stereocenters. The van der Waals surface area contributed by atoms with Crippen molar-refractivity contribution in [2.45, 2.75) is 39.7 Å². The first-order chi connectivity index (χ1) is 10.1. The zero-order valence-electron chi connectivity index (χ0n) is 12.6. The zero-order chi connectivity index (χ0) is 15.0. The Hall–Kier alpha value is -2.11. The minimum absolute atomic E-state index is 0.159. The van der Waals surface area contributed by atoms with Gasteiger partial charge in [-0.3, -0.25) is 4.79 Å². The van der Waals surface area contributed by atoms with Crippen molar-refractivity contribution in [1.29, 1.82) is 0 Å². The summed E-state index contributed by atoms with van der Waals surface area (Å²) in [4.78, 5) is 22.8. The summed E-state index contributed by atoms with van der Waals surface area (Å²) < 4.78 is 1.96. The molecule has 0 aromatic carbocycles. The summed E-state index contributed by atoms with van der Waals surface area (Å²) in [6, 6.07) is 0. The number of aryl methyl sites for hydroxylation is 1. The van der Waals surface area contributed by atoms with Crippen LogP contribution in [0.2, 0.25) is 0 Å². The van der Waals surface area contributed by atoms with Crippen molar-refractivity contribution in [3.05, 3.63) is 17.6 Å². The van der Waals surface area contributed by atoms with Gasteiger partial charge in [0.15, 0.2) is 0 Å². The van der Waals surface area contributed by atoms with Gasteiger partial charge < -0.3 is 15.2 Å². The number of nitrogens with two attached hydrogens (primary N) is 1. The fourth-order valence-electron chi connectivity index (χ4n) is 3.07. The van der Waals surface area contributed by atoms with Crippen molar-refractivity contribution in [2.75, 3.05) is 18.8 Å². The molecule has 3 heterocycles. The standard InChI is InChI=1S/C15H21N5O/c1-10-11(2)20(15-13(10)14(16)17-9-18-15)8-12(21)19-6-4-3-5-7-19/h9H,3-8H2,1-2H3,(H2,16,17,18). The lowest BCUT2D eigenvalue weighted by molar-refractivity contribution is -0.132. The van der Waals surface area contributed by atoms with Gasteiger partial charge in [0.2, 0.25) is 5.91 Å². The first-order valence-electron chi connectivity index (χ1n) is 7.43. The third kappa shape index (κ3) is 2.34. The molecule has 3 rings (SSSR count). The van der Waals surface area contributed by atoms with E-state index in [1.807, 2.05) is 23.3 Å². The molecule has 0 bridgehead atoms. The maximum atomic E-state index is 12.5. The SMILES string of the molecule is Cc1c(C)n(CC(=O)N2CCCCC2)c2ncnc(N)c12. The molecule has 0 saturated carbocycles. The normalized spacial score (nSPS) is 15.6. The van der Waals surface area contributed by atoms with Gasteiger partial charge in [0.05, 0.1) is 5.39 Å². The van der Waals surface area contributed by atoms with Gasteiger partial charge in [0, 0.05) is 18.8 Å². The maximum absolute atomic E-state index is 12.5. The van der Waals surface area contributed by atoms with E-state index >= 15 is 0 Å². The molecule has 6 nitrogen and oxygen atoms in total. The fourth-order valence-corrected chi connectivity index (χ4v) is 3.07. The van der Waals surface area contributed by atoms with E-state index in [0.29, 0.717) is 12.4 Å². The molecule has 1 aliphatic rings. The summed E-state index contributed by atoms with van der Waals surface area (Å²) in [7, 11) is 0. The van der Waals surface area contributed by atoms with Crippen molar-refractivity contribution >= 4 is 22.8 Å². The number of nitrogens with zero attached hydrogens (tertiary/aromatic N) is 4. The molecule has 6 heteroatoms. The molecule has 0 unspecified atom stereocenters. The van der Waals surface area contributed by atoms with Gasteiger partial charge in [0.1, 0.15) is 24.3 Å². The number of fused-ring (bicyclic) bond motifs is 1. The predicted octanol–water partition coefficient (Wildman–Crippen LogP) is 1.64. The number of piperidine rings is 1. The molecular formula is C15H21N5O. The largest absolute Gasteiger partial charge is 0.383 e. The van der Waals surface area contributed by atoms with Crippen LogP contribution in [-0.4, -0.2) is 38.4 Å². The zero-order valence-corrected chi connectivity index (χ0v) is 12.6. The molecule has 2 aromatic heterocycles. The minimum Gasteiger partial charge on any atom is -0.383 e. The lowest BCUT2D eigenvalue weighted by Gasteiger charge is -2.27. The Balaban J connectivity index is 1.95. The van der Waals surface area contributed by atoms with E-state index < -0.39 is 0 Å². The number of nitrogen functional groups attached to an aromatic ring is 1. The molecule has 0 radical (unpaired) electrons. The van der Waals surface area contributed by atoms with Crippen molar-refractivity contribution < 1.29 is 4.79 Å². The van der Waals surface area contributed by atoms with Gasteiger partial charge in [-0.1, -0.05) is 0 Å². The molecule has 1 amide bonds. The number of anilines is 1. The highest BCUT2D eigenvalue weighted by atomic mass is 16.2. The Morgan fingerprint density at radius 2 is 1.95 bits per heavy atom. The molecular weight excluding hydrogens is 266 g/mol. The average Bonchev–Trinajstić information content (AvgIpc) is 2.74. The Bertz CT molecular complexity index is 685. The van der Waals surface area contributed by atoms with Crippen LogP contribution in [0.3, 0.4) is 0 Å². The number of hydrogen-bond donors (Lipinski definition) is 1. The van der Waals surface area contributed by atoms with E-state index in [4.69, 9.17) is 5.73 Å². The number of amides is 1. The molecule has 1 fully saturated rings. The van der Waals surface area contributed by atoms with Crippen molar-refractivity contribution in [1.82, 2.24) is 19.4 Å². The van der Waals surface area contributed by atoms with Gasteiger partial charge in [-0.05, 0) is 38.7 Å². The van der Waals surface area contributed by atoms with Crippen LogP contribution in [0, 0.1) is 13.8 Å².